The Hall–Kier alpha value is -1.99. The minimum absolute atomic E-state index is 0.0278. The van der Waals surface area contributed by atoms with Crippen LogP contribution in [0.2, 0.25) is 5.02 Å². The Labute approximate surface area is 159 Å². The van der Waals surface area contributed by atoms with Gasteiger partial charge in [-0.05, 0) is 51.0 Å². The number of carbonyl (C=O) groups is 1. The summed E-state index contributed by atoms with van der Waals surface area (Å²) in [7, 11) is 0. The molecule has 2 aromatic rings. The Balaban J connectivity index is 2.17. The fraction of sp³-hybridized carbons (Fsp3) is 0.421. The average molecular weight is 402 g/mol. The topological polar surface area (TPSA) is 51.5 Å². The molecule has 0 saturated carbocycles. The number of carboxylic acids is 1. The van der Waals surface area contributed by atoms with Crippen LogP contribution in [-0.4, -0.2) is 27.9 Å². The second-order valence-corrected chi connectivity index (χ2v) is 7.42. The van der Waals surface area contributed by atoms with Crippen LogP contribution >= 0.6 is 11.6 Å². The summed E-state index contributed by atoms with van der Waals surface area (Å²) >= 11 is 6.19. The second kappa shape index (κ2) is 6.87. The molecule has 0 radical (unpaired) electrons. The van der Waals surface area contributed by atoms with Crippen LogP contribution in [0.5, 0.6) is 0 Å². The molecule has 1 atom stereocenters. The van der Waals surface area contributed by atoms with E-state index in [0.29, 0.717) is 24.5 Å². The maximum Gasteiger partial charge on any atom is 0.416 e. The van der Waals surface area contributed by atoms with Crippen LogP contribution in [-0.2, 0) is 17.5 Å². The van der Waals surface area contributed by atoms with Crippen molar-refractivity contribution in [2.75, 3.05) is 6.61 Å². The maximum atomic E-state index is 13.2. The van der Waals surface area contributed by atoms with E-state index in [2.05, 4.69) is 0 Å². The van der Waals surface area contributed by atoms with Crippen LogP contribution in [0.3, 0.4) is 0 Å². The first-order valence-electron chi connectivity index (χ1n) is 8.46. The van der Waals surface area contributed by atoms with Gasteiger partial charge in [0, 0.05) is 22.9 Å². The molecule has 1 fully saturated rings. The van der Waals surface area contributed by atoms with E-state index in [1.807, 2.05) is 6.92 Å². The first kappa shape index (κ1) is 19.8. The van der Waals surface area contributed by atoms with Gasteiger partial charge in [-0.15, -0.1) is 0 Å². The Morgan fingerprint density at radius 1 is 1.37 bits per heavy atom. The van der Waals surface area contributed by atoms with Crippen LogP contribution in [0, 0.1) is 6.92 Å². The molecule has 1 aromatic heterocycles. The third-order valence-electron chi connectivity index (χ3n) is 4.96. The van der Waals surface area contributed by atoms with Crippen molar-refractivity contribution in [3.63, 3.8) is 0 Å². The van der Waals surface area contributed by atoms with Crippen molar-refractivity contribution in [1.82, 2.24) is 4.57 Å². The molecule has 146 valence electrons. The molecule has 27 heavy (non-hydrogen) atoms. The highest BCUT2D eigenvalue weighted by molar-refractivity contribution is 6.33. The third-order valence-corrected chi connectivity index (χ3v) is 5.29. The van der Waals surface area contributed by atoms with Crippen molar-refractivity contribution >= 4 is 17.6 Å². The lowest BCUT2D eigenvalue weighted by Gasteiger charge is -2.26. The van der Waals surface area contributed by atoms with Crippen molar-refractivity contribution < 1.29 is 27.8 Å². The quantitative estimate of drug-likeness (QED) is 0.746. The Morgan fingerprint density at radius 3 is 2.63 bits per heavy atom. The van der Waals surface area contributed by atoms with E-state index in [9.17, 15) is 23.1 Å². The zero-order valence-corrected chi connectivity index (χ0v) is 15.6. The lowest BCUT2D eigenvalue weighted by Crippen LogP contribution is -2.30. The number of benzene rings is 1. The molecule has 2 heterocycles. The van der Waals surface area contributed by atoms with E-state index >= 15 is 0 Å². The predicted octanol–water partition coefficient (Wildman–Crippen LogP) is 5.40. The molecule has 0 spiro atoms. The maximum absolute atomic E-state index is 13.2. The van der Waals surface area contributed by atoms with Gasteiger partial charge < -0.3 is 14.4 Å². The smallest absolute Gasteiger partial charge is 0.416 e. The fourth-order valence-electron chi connectivity index (χ4n) is 3.48. The summed E-state index contributed by atoms with van der Waals surface area (Å²) in [4.78, 5) is 11.6. The summed E-state index contributed by atoms with van der Waals surface area (Å²) < 4.78 is 46.9. The van der Waals surface area contributed by atoms with E-state index < -0.39 is 23.3 Å². The molecular formula is C19H19ClF3NO3. The Bertz CT molecular complexity index is 883. The van der Waals surface area contributed by atoms with Gasteiger partial charge in [-0.2, -0.15) is 13.2 Å². The van der Waals surface area contributed by atoms with Gasteiger partial charge in [0.1, 0.15) is 0 Å². The summed E-state index contributed by atoms with van der Waals surface area (Å²) in [6.45, 7) is 4.47. The summed E-state index contributed by atoms with van der Waals surface area (Å²) in [5, 5.41) is 9.59. The molecule has 0 bridgehead atoms. The van der Waals surface area contributed by atoms with Crippen LogP contribution in [0.15, 0.2) is 24.3 Å². The summed E-state index contributed by atoms with van der Waals surface area (Å²) in [5.74, 6) is -1.15. The fourth-order valence-corrected chi connectivity index (χ4v) is 3.70. The molecule has 0 amide bonds. The van der Waals surface area contributed by atoms with Gasteiger partial charge in [0.05, 0.1) is 29.0 Å². The predicted molar refractivity (Wildman–Crippen MR) is 95.2 cm³/mol. The highest BCUT2D eigenvalue weighted by atomic mass is 35.5. The van der Waals surface area contributed by atoms with E-state index in [1.165, 1.54) is 12.1 Å². The van der Waals surface area contributed by atoms with Crippen LogP contribution in [0.1, 0.15) is 41.4 Å². The first-order valence-corrected chi connectivity index (χ1v) is 8.84. The number of halogens is 4. The molecule has 1 aliphatic heterocycles. The standard InChI is InChI=1S/C19H19ClF3NO3/c1-11-13(17(25)26)9-16(24(11)10-18(2)6-3-7-27-18)14-8-12(19(21,22)23)4-5-15(14)20/h4-5,8-9H,3,6-7,10H2,1-2H3,(H,25,26). The van der Waals surface area contributed by atoms with Crippen LogP contribution in [0.25, 0.3) is 11.3 Å². The number of nitrogens with zero attached hydrogens (tertiary/aromatic N) is 1. The largest absolute Gasteiger partial charge is 0.478 e. The zero-order valence-electron chi connectivity index (χ0n) is 14.9. The Morgan fingerprint density at radius 2 is 2.07 bits per heavy atom. The molecule has 1 N–H and O–H groups in total. The van der Waals surface area contributed by atoms with Crippen molar-refractivity contribution in [2.45, 2.75) is 45.0 Å². The minimum Gasteiger partial charge on any atom is -0.478 e. The molecule has 4 nitrogen and oxygen atoms in total. The minimum atomic E-state index is -4.53. The van der Waals surface area contributed by atoms with Gasteiger partial charge in [-0.3, -0.25) is 0 Å². The van der Waals surface area contributed by atoms with Crippen molar-refractivity contribution in [3.8, 4) is 11.3 Å². The van der Waals surface area contributed by atoms with Crippen molar-refractivity contribution in [3.05, 3.63) is 46.1 Å². The number of carboxylic acid groups (broad SMARTS) is 1. The van der Waals surface area contributed by atoms with Crippen molar-refractivity contribution in [2.24, 2.45) is 0 Å². The van der Waals surface area contributed by atoms with Gasteiger partial charge in [-0.1, -0.05) is 11.6 Å². The van der Waals surface area contributed by atoms with Gasteiger partial charge in [0.2, 0.25) is 0 Å². The lowest BCUT2D eigenvalue weighted by molar-refractivity contribution is -0.137. The number of aromatic carboxylic acids is 1. The molecular weight excluding hydrogens is 383 g/mol. The number of hydrogen-bond acceptors (Lipinski definition) is 2. The normalized spacial score (nSPS) is 20.2. The summed E-state index contributed by atoms with van der Waals surface area (Å²) in [6.07, 6.45) is -2.87. The molecule has 0 aliphatic carbocycles. The van der Waals surface area contributed by atoms with Crippen LogP contribution in [0.4, 0.5) is 13.2 Å². The number of rotatable bonds is 4. The van der Waals surface area contributed by atoms with E-state index in [4.69, 9.17) is 16.3 Å². The zero-order chi connectivity index (χ0) is 20.0. The molecule has 1 aliphatic rings. The van der Waals surface area contributed by atoms with Crippen molar-refractivity contribution in [1.29, 1.82) is 0 Å². The highest BCUT2D eigenvalue weighted by Crippen LogP contribution is 2.39. The summed E-state index contributed by atoms with van der Waals surface area (Å²) in [6, 6.07) is 4.42. The summed E-state index contributed by atoms with van der Waals surface area (Å²) in [5.41, 5.74) is -0.403. The monoisotopic (exact) mass is 401 g/mol. The SMILES string of the molecule is Cc1c(C(=O)O)cc(-c2cc(C(F)(F)F)ccc2Cl)n1CC1(C)CCCO1. The molecule has 1 saturated heterocycles. The number of aromatic nitrogens is 1. The van der Waals surface area contributed by atoms with Gasteiger partial charge in [0.25, 0.3) is 0 Å². The van der Waals surface area contributed by atoms with E-state index in [-0.39, 0.29) is 16.1 Å². The van der Waals surface area contributed by atoms with Gasteiger partial charge in [-0.25, -0.2) is 4.79 Å². The lowest BCUT2D eigenvalue weighted by atomic mass is 10.0. The van der Waals surface area contributed by atoms with Gasteiger partial charge in [0.15, 0.2) is 0 Å². The highest BCUT2D eigenvalue weighted by Gasteiger charge is 2.34. The molecule has 3 rings (SSSR count). The average Bonchev–Trinajstić information content (AvgIpc) is 3.12. The molecule has 1 unspecified atom stereocenters. The van der Waals surface area contributed by atoms with Gasteiger partial charge >= 0.3 is 12.1 Å². The molecule has 8 heteroatoms. The third kappa shape index (κ3) is 3.84. The number of ether oxygens (including phenoxy) is 1. The Kier molecular flexibility index (Phi) is 5.03. The first-order chi connectivity index (χ1) is 12.5. The molecule has 1 aromatic carbocycles. The number of hydrogen-bond donors (Lipinski definition) is 1. The van der Waals surface area contributed by atoms with Crippen LogP contribution < -0.4 is 0 Å². The number of alkyl halides is 3. The second-order valence-electron chi connectivity index (χ2n) is 7.01. The van der Waals surface area contributed by atoms with E-state index in [0.717, 1.165) is 25.0 Å². The van der Waals surface area contributed by atoms with E-state index in [1.54, 1.807) is 11.5 Å².